The molecule has 5 nitrogen and oxygen atoms in total. The van der Waals surface area contributed by atoms with Crippen molar-refractivity contribution in [2.24, 2.45) is 0 Å². The van der Waals surface area contributed by atoms with Gasteiger partial charge in [0.25, 0.3) is 0 Å². The summed E-state index contributed by atoms with van der Waals surface area (Å²) in [5, 5.41) is 0. The Balaban J connectivity index is 2.38. The van der Waals surface area contributed by atoms with Crippen LogP contribution in [0.4, 0.5) is 30.9 Å². The summed E-state index contributed by atoms with van der Waals surface area (Å²) in [6.07, 6.45) is -17.3. The van der Waals surface area contributed by atoms with E-state index in [0.29, 0.717) is 6.61 Å². The molecule has 0 saturated carbocycles. The maximum Gasteiger partial charge on any atom is 0.492 e. The third-order valence-corrected chi connectivity index (χ3v) is 1.70. The summed E-state index contributed by atoms with van der Waals surface area (Å²) in [6.45, 7) is -1.05. The highest BCUT2D eigenvalue weighted by Gasteiger charge is 2.66. The molecule has 0 aliphatic carbocycles. The van der Waals surface area contributed by atoms with Gasteiger partial charge in [-0.25, -0.2) is 4.74 Å². The molecule has 0 amide bonds. The molecule has 19 heavy (non-hydrogen) atoms. The van der Waals surface area contributed by atoms with Crippen LogP contribution in [-0.4, -0.2) is 44.6 Å². The summed E-state index contributed by atoms with van der Waals surface area (Å²) in [7, 11) is 0. The van der Waals surface area contributed by atoms with Gasteiger partial charge in [-0.05, 0) is 4.53 Å². The van der Waals surface area contributed by atoms with Crippen molar-refractivity contribution in [1.82, 2.24) is 0 Å². The van der Waals surface area contributed by atoms with Gasteiger partial charge in [0.2, 0.25) is 0 Å². The summed E-state index contributed by atoms with van der Waals surface area (Å²) in [6, 6.07) is 0. The first-order valence-corrected chi connectivity index (χ1v) is 4.56. The largest absolute Gasteiger partial charge is 0.492 e. The van der Waals surface area contributed by atoms with Gasteiger partial charge in [0.05, 0.1) is 13.2 Å². The Morgan fingerprint density at radius 2 is 1.63 bits per heavy atom. The van der Waals surface area contributed by atoms with Crippen molar-refractivity contribution in [2.75, 3.05) is 20.0 Å². The van der Waals surface area contributed by atoms with Crippen LogP contribution in [0.2, 0.25) is 0 Å². The third-order valence-electron chi connectivity index (χ3n) is 1.70. The number of hydrogen-bond acceptors (Lipinski definition) is 5. The molecule has 0 bridgehead atoms. The van der Waals surface area contributed by atoms with Gasteiger partial charge in [-0.1, -0.05) is 0 Å². The van der Waals surface area contributed by atoms with E-state index in [4.69, 9.17) is 0 Å². The molecular weight excluding hydrogens is 297 g/mol. The van der Waals surface area contributed by atoms with E-state index in [0.717, 1.165) is 0 Å². The van der Waals surface area contributed by atoms with Crippen molar-refractivity contribution in [2.45, 2.75) is 24.6 Å². The Hall–Kier alpha value is -0.690. The number of alkyl halides is 6. The fraction of sp³-hybridized carbons (Fsp3) is 1.00. The van der Waals surface area contributed by atoms with E-state index >= 15 is 0 Å². The molecule has 0 aromatic carbocycles. The van der Waals surface area contributed by atoms with Gasteiger partial charge in [0, 0.05) is 0 Å². The Morgan fingerprint density at radius 1 is 1.05 bits per heavy atom. The summed E-state index contributed by atoms with van der Waals surface area (Å²) >= 11 is 0. The van der Waals surface area contributed by atoms with E-state index < -0.39 is 25.3 Å². The SMILES string of the molecule is FOC(F)(F)C(F)(F)OC(F)(F)OCOCC1CO1. The molecular formula is C7H7F7O5. The number of ether oxygens (including phenoxy) is 4. The second kappa shape index (κ2) is 5.75. The minimum atomic E-state index is -5.95. The maximum absolute atomic E-state index is 12.6. The molecule has 1 rings (SSSR count). The van der Waals surface area contributed by atoms with Crippen LogP contribution in [-0.2, 0) is 23.9 Å². The van der Waals surface area contributed by atoms with Crippen LogP contribution in [0.3, 0.4) is 0 Å². The molecule has 1 heterocycles. The van der Waals surface area contributed by atoms with Gasteiger partial charge in [-0.15, -0.1) is 13.7 Å². The van der Waals surface area contributed by atoms with Gasteiger partial charge >= 0.3 is 18.5 Å². The lowest BCUT2D eigenvalue weighted by Gasteiger charge is -2.25. The molecule has 1 unspecified atom stereocenters. The topological polar surface area (TPSA) is 49.5 Å². The first kappa shape index (κ1) is 16.4. The summed E-state index contributed by atoms with van der Waals surface area (Å²) < 4.78 is 99.9. The average Bonchev–Trinajstić information content (AvgIpc) is 3.06. The number of epoxide rings is 1. The van der Waals surface area contributed by atoms with Crippen LogP contribution in [0.25, 0.3) is 0 Å². The molecule has 1 saturated heterocycles. The molecule has 1 aliphatic heterocycles. The molecule has 12 heteroatoms. The van der Waals surface area contributed by atoms with Crippen molar-refractivity contribution in [3.8, 4) is 0 Å². The fourth-order valence-electron chi connectivity index (χ4n) is 0.737. The zero-order chi connectivity index (χ0) is 14.7. The fourth-order valence-corrected chi connectivity index (χ4v) is 0.737. The van der Waals surface area contributed by atoms with E-state index in [2.05, 4.69) is 18.9 Å². The first-order valence-electron chi connectivity index (χ1n) is 4.56. The minimum absolute atomic E-state index is 0.157. The molecule has 1 atom stereocenters. The number of halogens is 7. The molecule has 0 aromatic rings. The summed E-state index contributed by atoms with van der Waals surface area (Å²) in [5.74, 6) is 0. The Kier molecular flexibility index (Phi) is 4.95. The molecule has 0 aromatic heterocycles. The van der Waals surface area contributed by atoms with Crippen molar-refractivity contribution in [1.29, 1.82) is 0 Å². The van der Waals surface area contributed by atoms with Crippen LogP contribution in [0, 0.1) is 0 Å². The number of rotatable bonds is 9. The highest BCUT2D eigenvalue weighted by molar-refractivity contribution is 4.67. The Labute approximate surface area is 101 Å². The van der Waals surface area contributed by atoms with Crippen LogP contribution in [0.5, 0.6) is 0 Å². The third kappa shape index (κ3) is 5.06. The van der Waals surface area contributed by atoms with E-state index in [9.17, 15) is 30.9 Å². The highest BCUT2D eigenvalue weighted by Crippen LogP contribution is 2.40. The molecule has 1 fully saturated rings. The molecule has 0 radical (unpaired) electrons. The Bertz CT molecular complexity index is 296. The Morgan fingerprint density at radius 3 is 2.11 bits per heavy atom. The second-order valence-electron chi connectivity index (χ2n) is 3.26. The standard InChI is InChI=1S/C7H7F7O5/c8-5(9,6(10,11)19-14)18-7(12,13)17-3-15-1-4-2-16-4/h4H,1-3H2. The average molecular weight is 304 g/mol. The first-order chi connectivity index (χ1) is 8.60. The van der Waals surface area contributed by atoms with Gasteiger partial charge in [-0.3, -0.25) is 4.74 Å². The quantitative estimate of drug-likeness (QED) is 0.282. The monoisotopic (exact) mass is 304 g/mol. The lowest BCUT2D eigenvalue weighted by molar-refractivity contribution is -0.550. The van der Waals surface area contributed by atoms with E-state index in [-0.39, 0.29) is 12.7 Å². The van der Waals surface area contributed by atoms with Crippen LogP contribution in [0.15, 0.2) is 0 Å². The van der Waals surface area contributed by atoms with E-state index in [1.54, 1.807) is 4.94 Å². The molecule has 0 spiro atoms. The highest BCUT2D eigenvalue weighted by atomic mass is 19.4. The molecule has 1 aliphatic rings. The molecule has 114 valence electrons. The summed E-state index contributed by atoms with van der Waals surface area (Å²) in [5.41, 5.74) is 0. The number of hydrogen-bond donors (Lipinski definition) is 0. The van der Waals surface area contributed by atoms with E-state index in [1.807, 2.05) is 0 Å². The lowest BCUT2D eigenvalue weighted by Crippen LogP contribution is -2.48. The smallest absolute Gasteiger partial charge is 0.371 e. The van der Waals surface area contributed by atoms with Gasteiger partial charge in [-0.2, -0.15) is 17.6 Å². The van der Waals surface area contributed by atoms with Gasteiger partial charge < -0.3 is 9.47 Å². The van der Waals surface area contributed by atoms with Crippen molar-refractivity contribution < 1.29 is 54.8 Å². The zero-order valence-corrected chi connectivity index (χ0v) is 8.89. The minimum Gasteiger partial charge on any atom is -0.371 e. The normalized spacial score (nSPS) is 20.7. The van der Waals surface area contributed by atoms with Crippen molar-refractivity contribution in [3.05, 3.63) is 0 Å². The lowest BCUT2D eigenvalue weighted by atomic mass is 10.5. The van der Waals surface area contributed by atoms with Gasteiger partial charge in [0.1, 0.15) is 6.10 Å². The van der Waals surface area contributed by atoms with Crippen molar-refractivity contribution >= 4 is 0 Å². The second-order valence-corrected chi connectivity index (χ2v) is 3.26. The van der Waals surface area contributed by atoms with Crippen molar-refractivity contribution in [3.63, 3.8) is 0 Å². The van der Waals surface area contributed by atoms with Gasteiger partial charge in [0.15, 0.2) is 6.79 Å². The molecule has 0 N–H and O–H groups in total. The van der Waals surface area contributed by atoms with Crippen LogP contribution in [0.1, 0.15) is 0 Å². The summed E-state index contributed by atoms with van der Waals surface area (Å²) in [4.78, 5) is 1.57. The predicted molar refractivity (Wildman–Crippen MR) is 39.8 cm³/mol. The maximum atomic E-state index is 12.6. The van der Waals surface area contributed by atoms with E-state index in [1.165, 1.54) is 0 Å². The van der Waals surface area contributed by atoms with Crippen LogP contribution < -0.4 is 0 Å². The zero-order valence-electron chi connectivity index (χ0n) is 8.89. The predicted octanol–water partition coefficient (Wildman–Crippen LogP) is 2.03. The van der Waals surface area contributed by atoms with Crippen LogP contribution >= 0.6 is 0 Å².